The quantitative estimate of drug-likeness (QED) is 0.768. The predicted octanol–water partition coefficient (Wildman–Crippen LogP) is 2.11. The van der Waals surface area contributed by atoms with Gasteiger partial charge in [-0.3, -0.25) is 0 Å². The highest BCUT2D eigenvalue weighted by Gasteiger charge is 2.05. The smallest absolute Gasteiger partial charge is 0.0662 e. The first-order chi connectivity index (χ1) is 6.20. The maximum Gasteiger partial charge on any atom is 0.0662 e. The van der Waals surface area contributed by atoms with E-state index < -0.39 is 0 Å². The summed E-state index contributed by atoms with van der Waals surface area (Å²) < 4.78 is 5.43. The topological polar surface area (TPSA) is 35.2 Å². The van der Waals surface area contributed by atoms with Crippen LogP contribution in [0.3, 0.4) is 0 Å². The Kier molecular flexibility index (Phi) is 3.93. The summed E-state index contributed by atoms with van der Waals surface area (Å²) in [6, 6.07) is 10.0. The van der Waals surface area contributed by atoms with Crippen LogP contribution in [0.15, 0.2) is 30.3 Å². The van der Waals surface area contributed by atoms with E-state index in [1.807, 2.05) is 44.2 Å². The first-order valence-corrected chi connectivity index (χ1v) is 4.62. The van der Waals surface area contributed by atoms with Crippen LogP contribution in [-0.2, 0) is 4.74 Å². The lowest BCUT2D eigenvalue weighted by Gasteiger charge is -2.14. The molecule has 0 aromatic heterocycles. The summed E-state index contributed by atoms with van der Waals surface area (Å²) in [7, 11) is 0. The second-order valence-electron chi connectivity index (χ2n) is 3.40. The van der Waals surface area contributed by atoms with Crippen molar-refractivity contribution in [1.82, 2.24) is 0 Å². The van der Waals surface area contributed by atoms with Gasteiger partial charge in [-0.05, 0) is 19.4 Å². The molecular formula is C11H17NO. The molecule has 0 aliphatic carbocycles. The Morgan fingerprint density at radius 2 is 1.85 bits per heavy atom. The second-order valence-corrected chi connectivity index (χ2v) is 3.40. The van der Waals surface area contributed by atoms with E-state index in [0.717, 1.165) is 5.56 Å². The van der Waals surface area contributed by atoms with Gasteiger partial charge in [0.2, 0.25) is 0 Å². The van der Waals surface area contributed by atoms with Crippen LogP contribution in [0.2, 0.25) is 0 Å². The Labute approximate surface area is 79.7 Å². The fourth-order valence-corrected chi connectivity index (χ4v) is 1.09. The molecule has 1 aromatic rings. The molecule has 1 rings (SSSR count). The molecule has 2 nitrogen and oxygen atoms in total. The normalized spacial score (nSPS) is 13.2. The number of nitrogens with two attached hydrogens (primary N) is 1. The van der Waals surface area contributed by atoms with Crippen LogP contribution in [0.1, 0.15) is 25.5 Å². The Morgan fingerprint density at radius 3 is 2.38 bits per heavy atom. The zero-order valence-electron chi connectivity index (χ0n) is 8.23. The average molecular weight is 179 g/mol. The Morgan fingerprint density at radius 1 is 1.23 bits per heavy atom. The molecule has 0 saturated heterocycles. The van der Waals surface area contributed by atoms with Gasteiger partial charge >= 0.3 is 0 Å². The van der Waals surface area contributed by atoms with Crippen molar-refractivity contribution < 1.29 is 4.74 Å². The molecule has 1 aromatic carbocycles. The summed E-state index contributed by atoms with van der Waals surface area (Å²) in [6.07, 6.45) is 0.245. The lowest BCUT2D eigenvalue weighted by atomic mass is 10.1. The van der Waals surface area contributed by atoms with Crippen molar-refractivity contribution in [3.05, 3.63) is 35.9 Å². The van der Waals surface area contributed by atoms with E-state index in [2.05, 4.69) is 0 Å². The summed E-state index contributed by atoms with van der Waals surface area (Å²) in [5.41, 5.74) is 7.05. The van der Waals surface area contributed by atoms with E-state index in [9.17, 15) is 0 Å². The minimum Gasteiger partial charge on any atom is -0.377 e. The van der Waals surface area contributed by atoms with Crippen LogP contribution in [0.25, 0.3) is 0 Å². The molecule has 13 heavy (non-hydrogen) atoms. The highest BCUT2D eigenvalue weighted by atomic mass is 16.5. The maximum atomic E-state index is 5.92. The van der Waals surface area contributed by atoms with Gasteiger partial charge in [-0.2, -0.15) is 0 Å². The molecule has 1 unspecified atom stereocenters. The highest BCUT2D eigenvalue weighted by molar-refractivity contribution is 5.18. The van der Waals surface area contributed by atoms with Crippen molar-refractivity contribution in [3.63, 3.8) is 0 Å². The molecule has 2 heteroatoms. The van der Waals surface area contributed by atoms with E-state index in [0.29, 0.717) is 6.61 Å². The minimum atomic E-state index is -0.0106. The van der Waals surface area contributed by atoms with Crippen LogP contribution in [0.4, 0.5) is 0 Å². The van der Waals surface area contributed by atoms with Crippen molar-refractivity contribution in [2.75, 3.05) is 6.61 Å². The number of rotatable bonds is 4. The third kappa shape index (κ3) is 3.57. The Hall–Kier alpha value is -0.860. The third-order valence-corrected chi connectivity index (χ3v) is 1.84. The fraction of sp³-hybridized carbons (Fsp3) is 0.455. The number of ether oxygens (including phenoxy) is 1. The van der Waals surface area contributed by atoms with Crippen LogP contribution >= 0.6 is 0 Å². The summed E-state index contributed by atoms with van der Waals surface area (Å²) in [5, 5.41) is 0. The van der Waals surface area contributed by atoms with Gasteiger partial charge in [-0.1, -0.05) is 30.3 Å². The van der Waals surface area contributed by atoms with Crippen molar-refractivity contribution in [1.29, 1.82) is 0 Å². The third-order valence-electron chi connectivity index (χ3n) is 1.84. The average Bonchev–Trinajstić information content (AvgIpc) is 2.15. The van der Waals surface area contributed by atoms with Crippen molar-refractivity contribution in [2.24, 2.45) is 5.73 Å². The molecule has 72 valence electrons. The van der Waals surface area contributed by atoms with Crippen LogP contribution in [0, 0.1) is 0 Å². The monoisotopic (exact) mass is 179 g/mol. The molecule has 2 N–H and O–H groups in total. The van der Waals surface area contributed by atoms with Crippen molar-refractivity contribution in [2.45, 2.75) is 26.0 Å². The number of hydrogen-bond acceptors (Lipinski definition) is 2. The zero-order valence-corrected chi connectivity index (χ0v) is 8.23. The highest BCUT2D eigenvalue weighted by Crippen LogP contribution is 2.10. The molecule has 0 amide bonds. The van der Waals surface area contributed by atoms with E-state index in [1.165, 1.54) is 0 Å². The van der Waals surface area contributed by atoms with Crippen molar-refractivity contribution >= 4 is 0 Å². The Bertz CT molecular complexity index is 233. The fourth-order valence-electron chi connectivity index (χ4n) is 1.09. The predicted molar refractivity (Wildman–Crippen MR) is 54.5 cm³/mol. The summed E-state index contributed by atoms with van der Waals surface area (Å²) in [4.78, 5) is 0. The van der Waals surface area contributed by atoms with Crippen LogP contribution < -0.4 is 5.73 Å². The molecule has 0 spiro atoms. The minimum absolute atomic E-state index is 0.0106. The van der Waals surface area contributed by atoms with Gasteiger partial charge in [0.25, 0.3) is 0 Å². The lowest BCUT2D eigenvalue weighted by molar-refractivity contribution is 0.0683. The van der Waals surface area contributed by atoms with Gasteiger partial charge in [-0.15, -0.1) is 0 Å². The molecule has 0 aliphatic heterocycles. The molecule has 0 radical (unpaired) electrons. The van der Waals surface area contributed by atoms with Gasteiger partial charge in [-0.25, -0.2) is 0 Å². The molecule has 0 saturated carbocycles. The van der Waals surface area contributed by atoms with Crippen LogP contribution in [0.5, 0.6) is 0 Å². The summed E-state index contributed by atoms with van der Waals surface area (Å²) >= 11 is 0. The van der Waals surface area contributed by atoms with E-state index in [1.54, 1.807) is 0 Å². The molecular weight excluding hydrogens is 162 g/mol. The van der Waals surface area contributed by atoms with Gasteiger partial charge < -0.3 is 10.5 Å². The SMILES string of the molecule is CC(C)OCC(N)c1ccccc1. The zero-order chi connectivity index (χ0) is 9.68. The molecule has 1 atom stereocenters. The first kappa shape index (κ1) is 10.2. The van der Waals surface area contributed by atoms with Gasteiger partial charge in [0.15, 0.2) is 0 Å². The number of hydrogen-bond donors (Lipinski definition) is 1. The summed E-state index contributed by atoms with van der Waals surface area (Å²) in [6.45, 7) is 4.61. The maximum absolute atomic E-state index is 5.92. The van der Waals surface area contributed by atoms with E-state index in [-0.39, 0.29) is 12.1 Å². The molecule has 0 heterocycles. The summed E-state index contributed by atoms with van der Waals surface area (Å²) in [5.74, 6) is 0. The van der Waals surface area contributed by atoms with E-state index >= 15 is 0 Å². The molecule has 0 aliphatic rings. The van der Waals surface area contributed by atoms with Gasteiger partial charge in [0, 0.05) is 0 Å². The molecule has 0 bridgehead atoms. The Balaban J connectivity index is 2.44. The standard InChI is InChI=1S/C11H17NO/c1-9(2)13-8-11(12)10-6-4-3-5-7-10/h3-7,9,11H,8,12H2,1-2H3. The number of benzene rings is 1. The molecule has 0 fully saturated rings. The van der Waals surface area contributed by atoms with E-state index in [4.69, 9.17) is 10.5 Å². The second kappa shape index (κ2) is 5.00. The van der Waals surface area contributed by atoms with Gasteiger partial charge in [0.05, 0.1) is 18.8 Å². The van der Waals surface area contributed by atoms with Crippen molar-refractivity contribution in [3.8, 4) is 0 Å². The van der Waals surface area contributed by atoms with Gasteiger partial charge in [0.1, 0.15) is 0 Å². The largest absolute Gasteiger partial charge is 0.377 e. The van der Waals surface area contributed by atoms with Crippen LogP contribution in [-0.4, -0.2) is 12.7 Å². The lowest BCUT2D eigenvalue weighted by Crippen LogP contribution is -2.19. The first-order valence-electron chi connectivity index (χ1n) is 4.62.